The Morgan fingerprint density at radius 2 is 1.40 bits per heavy atom. The minimum atomic E-state index is -1.70. The molecule has 1 fully saturated rings. The average Bonchev–Trinajstić information content (AvgIpc) is 2.19. The van der Waals surface area contributed by atoms with E-state index < -0.39 is 18.4 Å². The van der Waals surface area contributed by atoms with E-state index in [1.807, 2.05) is 12.1 Å². The molecule has 74 valence electrons. The first-order chi connectivity index (χ1) is 7.08. The number of amides is 4. The fraction of sp³-hybridized carbons (Fsp3) is 0.111. The topological polar surface area (TPSA) is 64.1 Å². The molecular formula is C9H5N3O3. The van der Waals surface area contributed by atoms with Crippen LogP contribution in [0.5, 0.6) is 0 Å². The number of hydrogen-bond acceptors (Lipinski definition) is 3. The summed E-state index contributed by atoms with van der Waals surface area (Å²) in [5, 5.41) is 9.41. The van der Waals surface area contributed by atoms with Crippen molar-refractivity contribution in [3.8, 4) is 37.4 Å². The van der Waals surface area contributed by atoms with E-state index in [9.17, 15) is 14.7 Å². The monoisotopic (exact) mass is 203 g/mol. The van der Waals surface area contributed by atoms with Crippen LogP contribution in [-0.2, 0) is 0 Å². The van der Waals surface area contributed by atoms with Crippen LogP contribution in [0, 0.1) is 37.4 Å². The third-order valence-corrected chi connectivity index (χ3v) is 1.66. The van der Waals surface area contributed by atoms with Crippen LogP contribution in [0.15, 0.2) is 0 Å². The zero-order chi connectivity index (χ0) is 11.6. The van der Waals surface area contributed by atoms with Gasteiger partial charge in [0.2, 0.25) is 6.35 Å². The van der Waals surface area contributed by atoms with Gasteiger partial charge in [0, 0.05) is 18.1 Å². The highest BCUT2D eigenvalue weighted by molar-refractivity contribution is 5.99. The van der Waals surface area contributed by atoms with E-state index in [1.165, 1.54) is 0 Å². The van der Waals surface area contributed by atoms with Gasteiger partial charge in [-0.25, -0.2) is 19.4 Å². The predicted octanol–water partition coefficient (Wildman–Crippen LogP) is -0.806. The fourth-order valence-electron chi connectivity index (χ4n) is 0.965. The van der Waals surface area contributed by atoms with Gasteiger partial charge in [-0.3, -0.25) is 0 Å². The van der Waals surface area contributed by atoms with Gasteiger partial charge in [0.25, 0.3) is 0 Å². The maximum absolute atomic E-state index is 11.4. The Kier molecular flexibility index (Phi) is 2.53. The number of carbonyl (C=O) groups is 2. The van der Waals surface area contributed by atoms with Crippen molar-refractivity contribution in [2.75, 3.05) is 0 Å². The van der Waals surface area contributed by atoms with Crippen molar-refractivity contribution < 1.29 is 14.7 Å². The Bertz CT molecular complexity index is 403. The van der Waals surface area contributed by atoms with Crippen molar-refractivity contribution >= 4 is 12.1 Å². The molecule has 1 saturated heterocycles. The molecule has 0 aromatic heterocycles. The Hall–Kier alpha value is -2.62. The number of aliphatic hydroxyl groups excluding tert-OH is 1. The van der Waals surface area contributed by atoms with Crippen LogP contribution in [-0.4, -0.2) is 38.2 Å². The zero-order valence-electron chi connectivity index (χ0n) is 7.41. The lowest BCUT2D eigenvalue weighted by atomic mass is 10.5. The molecule has 15 heavy (non-hydrogen) atoms. The molecule has 0 aliphatic carbocycles. The normalized spacial score (nSPS) is 17.1. The quantitative estimate of drug-likeness (QED) is 0.524. The van der Waals surface area contributed by atoms with E-state index in [1.54, 1.807) is 6.04 Å². The fourth-order valence-corrected chi connectivity index (χ4v) is 0.965. The Labute approximate surface area is 86.0 Å². The minimum Gasteiger partial charge on any atom is -0.355 e. The number of aliphatic hydroxyl groups is 1. The van der Waals surface area contributed by atoms with Crippen molar-refractivity contribution in [2.45, 2.75) is 6.35 Å². The van der Waals surface area contributed by atoms with Crippen molar-refractivity contribution in [1.82, 2.24) is 14.7 Å². The SMILES string of the molecule is C#CN1C(=O)N(C#C)C(O)N(C#C)C1=O. The third-order valence-electron chi connectivity index (χ3n) is 1.66. The van der Waals surface area contributed by atoms with Crippen molar-refractivity contribution in [3.05, 3.63) is 0 Å². The maximum Gasteiger partial charge on any atom is 0.355 e. The van der Waals surface area contributed by atoms with Gasteiger partial charge in [0.05, 0.1) is 0 Å². The highest BCUT2D eigenvalue weighted by Crippen LogP contribution is 2.15. The molecule has 1 aliphatic heterocycles. The van der Waals surface area contributed by atoms with Crippen LogP contribution in [0.1, 0.15) is 0 Å². The molecule has 0 radical (unpaired) electrons. The molecule has 0 unspecified atom stereocenters. The van der Waals surface area contributed by atoms with Crippen molar-refractivity contribution in [2.24, 2.45) is 0 Å². The van der Waals surface area contributed by atoms with Gasteiger partial charge < -0.3 is 5.11 Å². The van der Waals surface area contributed by atoms with Crippen LogP contribution in [0.3, 0.4) is 0 Å². The molecule has 6 nitrogen and oxygen atoms in total. The lowest BCUT2D eigenvalue weighted by Gasteiger charge is -2.36. The molecule has 0 saturated carbocycles. The van der Waals surface area contributed by atoms with Crippen molar-refractivity contribution in [1.29, 1.82) is 0 Å². The largest absolute Gasteiger partial charge is 0.355 e. The van der Waals surface area contributed by atoms with Gasteiger partial charge >= 0.3 is 12.1 Å². The second-order valence-corrected chi connectivity index (χ2v) is 2.37. The van der Waals surface area contributed by atoms with E-state index in [2.05, 4.69) is 0 Å². The lowest BCUT2D eigenvalue weighted by molar-refractivity contribution is -0.0379. The van der Waals surface area contributed by atoms with E-state index in [0.717, 1.165) is 0 Å². The van der Waals surface area contributed by atoms with Crippen molar-refractivity contribution in [3.63, 3.8) is 0 Å². The molecule has 1 aliphatic rings. The molecule has 0 bridgehead atoms. The van der Waals surface area contributed by atoms with Gasteiger partial charge in [-0.15, -0.1) is 0 Å². The summed E-state index contributed by atoms with van der Waals surface area (Å²) in [6.45, 7) is 0. The van der Waals surface area contributed by atoms with E-state index in [-0.39, 0.29) is 0 Å². The molecule has 1 rings (SSSR count). The first kappa shape index (κ1) is 10.5. The summed E-state index contributed by atoms with van der Waals surface area (Å²) in [5.41, 5.74) is 0. The van der Waals surface area contributed by atoms with Crippen LogP contribution in [0.4, 0.5) is 9.59 Å². The van der Waals surface area contributed by atoms with Crippen LogP contribution in [0.2, 0.25) is 0 Å². The Balaban J connectivity index is 3.19. The maximum atomic E-state index is 11.4. The second kappa shape index (κ2) is 3.63. The lowest BCUT2D eigenvalue weighted by Crippen LogP contribution is -2.62. The number of hydrogen-bond donors (Lipinski definition) is 1. The summed E-state index contributed by atoms with van der Waals surface area (Å²) in [6, 6.07) is 3.53. The number of rotatable bonds is 0. The van der Waals surface area contributed by atoms with Crippen LogP contribution in [0.25, 0.3) is 0 Å². The number of carbonyl (C=O) groups excluding carboxylic acids is 2. The highest BCUT2D eigenvalue weighted by Gasteiger charge is 2.42. The zero-order valence-corrected chi connectivity index (χ0v) is 7.41. The molecule has 0 aromatic carbocycles. The molecule has 0 aromatic rings. The molecule has 4 amide bonds. The van der Waals surface area contributed by atoms with Gasteiger partial charge in [-0.2, -0.15) is 4.90 Å². The number of imide groups is 1. The molecular weight excluding hydrogens is 198 g/mol. The highest BCUT2D eigenvalue weighted by atomic mass is 16.3. The Morgan fingerprint density at radius 1 is 1.00 bits per heavy atom. The van der Waals surface area contributed by atoms with Gasteiger partial charge in [0.15, 0.2) is 0 Å². The number of terminal acetylenes is 3. The first-order valence-electron chi connectivity index (χ1n) is 3.61. The smallest absolute Gasteiger partial charge is 0.355 e. The number of nitrogens with zero attached hydrogens (tertiary/aromatic N) is 3. The van der Waals surface area contributed by atoms with Gasteiger partial charge in [-0.05, 0) is 0 Å². The third kappa shape index (κ3) is 1.34. The minimum absolute atomic E-state index is 0.367. The predicted molar refractivity (Wildman–Crippen MR) is 48.8 cm³/mol. The van der Waals surface area contributed by atoms with E-state index in [0.29, 0.717) is 14.7 Å². The summed E-state index contributed by atoms with van der Waals surface area (Å²) < 4.78 is 0. The standard InChI is InChI=1S/C9H5N3O3/c1-4-10-7(13)11(5-2)9(15)12(6-3)8(10)14/h1-3,7,13H. The van der Waals surface area contributed by atoms with Crippen LogP contribution < -0.4 is 0 Å². The summed E-state index contributed by atoms with van der Waals surface area (Å²) in [4.78, 5) is 24.1. The second-order valence-electron chi connectivity index (χ2n) is 2.37. The summed E-state index contributed by atoms with van der Waals surface area (Å²) in [7, 11) is 0. The molecule has 1 N–H and O–H groups in total. The van der Waals surface area contributed by atoms with E-state index in [4.69, 9.17) is 19.3 Å². The van der Waals surface area contributed by atoms with Gasteiger partial charge in [0.1, 0.15) is 0 Å². The first-order valence-corrected chi connectivity index (χ1v) is 3.61. The molecule has 6 heteroatoms. The average molecular weight is 203 g/mol. The Morgan fingerprint density at radius 3 is 1.67 bits per heavy atom. The number of urea groups is 2. The van der Waals surface area contributed by atoms with E-state index >= 15 is 0 Å². The van der Waals surface area contributed by atoms with Crippen LogP contribution >= 0.6 is 0 Å². The molecule has 1 heterocycles. The van der Waals surface area contributed by atoms with Gasteiger partial charge in [-0.1, -0.05) is 19.3 Å². The molecule has 0 atom stereocenters. The summed E-state index contributed by atoms with van der Waals surface area (Å²) in [6.07, 6.45) is 13.1. The summed E-state index contributed by atoms with van der Waals surface area (Å²) >= 11 is 0. The summed E-state index contributed by atoms with van der Waals surface area (Å²) in [5.74, 6) is 0. The molecule has 0 spiro atoms.